The number of hydrogen-bond donors (Lipinski definition) is 1. The van der Waals surface area contributed by atoms with Crippen molar-refractivity contribution in [3.63, 3.8) is 0 Å². The molecule has 2 aromatic rings. The third kappa shape index (κ3) is 3.97. The van der Waals surface area contributed by atoms with Gasteiger partial charge >= 0.3 is 0 Å². The molecule has 0 radical (unpaired) electrons. The molecule has 3 heterocycles. The molecule has 3 rings (SSSR count). The molecule has 1 N–H and O–H groups in total. The molecule has 1 atom stereocenters. The molecule has 1 saturated heterocycles. The minimum Gasteiger partial charge on any atom is -0.347 e. The van der Waals surface area contributed by atoms with Gasteiger partial charge in [0.25, 0.3) is 5.91 Å². The summed E-state index contributed by atoms with van der Waals surface area (Å²) in [6.45, 7) is 6.77. The fourth-order valence-corrected chi connectivity index (χ4v) is 3.56. The van der Waals surface area contributed by atoms with Gasteiger partial charge in [0.2, 0.25) is 0 Å². The maximum Gasteiger partial charge on any atom is 0.272 e. The first kappa shape index (κ1) is 16.1. The number of likely N-dealkylation sites (tertiary alicyclic amines) is 1. The molecule has 1 aliphatic rings. The van der Waals surface area contributed by atoms with Crippen LogP contribution >= 0.6 is 11.3 Å². The van der Waals surface area contributed by atoms with Crippen LogP contribution in [0.2, 0.25) is 0 Å². The standard InChI is InChI=1S/C16H23N5OS/c1-11-7-15(19-20(11)3)16(22)18-13-5-4-6-21(8-13)9-14-10-23-12(2)17-14/h7,10,13H,4-6,8-9H2,1-3H3,(H,18,22). The van der Waals surface area contributed by atoms with E-state index < -0.39 is 0 Å². The number of nitrogens with zero attached hydrogens (tertiary/aromatic N) is 4. The van der Waals surface area contributed by atoms with Crippen molar-refractivity contribution in [2.75, 3.05) is 13.1 Å². The monoisotopic (exact) mass is 333 g/mol. The molecule has 1 amide bonds. The summed E-state index contributed by atoms with van der Waals surface area (Å²) in [5.41, 5.74) is 2.61. The lowest BCUT2D eigenvalue weighted by Crippen LogP contribution is -2.47. The van der Waals surface area contributed by atoms with Crippen molar-refractivity contribution in [2.24, 2.45) is 7.05 Å². The minimum absolute atomic E-state index is 0.0787. The van der Waals surface area contributed by atoms with Crippen LogP contribution in [-0.4, -0.2) is 44.7 Å². The molecule has 0 saturated carbocycles. The Hall–Kier alpha value is -1.73. The normalized spacial score (nSPS) is 19.0. The van der Waals surface area contributed by atoms with E-state index in [0.29, 0.717) is 5.69 Å². The molecule has 0 aromatic carbocycles. The van der Waals surface area contributed by atoms with Gasteiger partial charge in [-0.15, -0.1) is 11.3 Å². The number of aryl methyl sites for hydroxylation is 3. The Morgan fingerprint density at radius 1 is 1.48 bits per heavy atom. The predicted molar refractivity (Wildman–Crippen MR) is 90.6 cm³/mol. The summed E-state index contributed by atoms with van der Waals surface area (Å²) in [5.74, 6) is -0.0787. The highest BCUT2D eigenvalue weighted by molar-refractivity contribution is 7.09. The Bertz CT molecular complexity index is 673. The van der Waals surface area contributed by atoms with Crippen molar-refractivity contribution in [2.45, 2.75) is 39.3 Å². The molecule has 1 fully saturated rings. The van der Waals surface area contributed by atoms with Crippen LogP contribution < -0.4 is 5.32 Å². The third-order valence-corrected chi connectivity index (χ3v) is 5.06. The number of carbonyl (C=O) groups excluding carboxylic acids is 1. The van der Waals surface area contributed by atoms with Crippen LogP contribution in [0.25, 0.3) is 0 Å². The Balaban J connectivity index is 1.56. The summed E-state index contributed by atoms with van der Waals surface area (Å²) in [4.78, 5) is 19.2. The fourth-order valence-electron chi connectivity index (χ4n) is 2.96. The van der Waals surface area contributed by atoms with E-state index in [1.807, 2.05) is 27.0 Å². The second-order valence-corrected chi connectivity index (χ2v) is 7.26. The van der Waals surface area contributed by atoms with E-state index >= 15 is 0 Å². The molecule has 2 aromatic heterocycles. The average molecular weight is 333 g/mol. The first-order chi connectivity index (χ1) is 11.0. The highest BCUT2D eigenvalue weighted by atomic mass is 32.1. The Morgan fingerprint density at radius 2 is 2.30 bits per heavy atom. The summed E-state index contributed by atoms with van der Waals surface area (Å²) in [7, 11) is 1.85. The minimum atomic E-state index is -0.0787. The molecular formula is C16H23N5OS. The van der Waals surface area contributed by atoms with Gasteiger partial charge in [0.1, 0.15) is 5.69 Å². The van der Waals surface area contributed by atoms with Crippen LogP contribution in [-0.2, 0) is 13.6 Å². The van der Waals surface area contributed by atoms with Crippen molar-refractivity contribution in [1.82, 2.24) is 25.0 Å². The number of aromatic nitrogens is 3. The van der Waals surface area contributed by atoms with Crippen LogP contribution in [0.3, 0.4) is 0 Å². The van der Waals surface area contributed by atoms with E-state index in [1.165, 1.54) is 0 Å². The van der Waals surface area contributed by atoms with Gasteiger partial charge in [0.15, 0.2) is 0 Å². The summed E-state index contributed by atoms with van der Waals surface area (Å²) in [5, 5.41) is 10.6. The van der Waals surface area contributed by atoms with Crippen LogP contribution in [0.15, 0.2) is 11.4 Å². The summed E-state index contributed by atoms with van der Waals surface area (Å²) < 4.78 is 1.73. The number of nitrogens with one attached hydrogen (secondary N) is 1. The molecule has 7 heteroatoms. The number of thiazole rings is 1. The van der Waals surface area contributed by atoms with Gasteiger partial charge < -0.3 is 5.32 Å². The van der Waals surface area contributed by atoms with Crippen molar-refractivity contribution in [3.05, 3.63) is 33.5 Å². The van der Waals surface area contributed by atoms with Gasteiger partial charge in [0.05, 0.1) is 10.7 Å². The van der Waals surface area contributed by atoms with Crippen LogP contribution in [0.4, 0.5) is 0 Å². The largest absolute Gasteiger partial charge is 0.347 e. The van der Waals surface area contributed by atoms with Crippen LogP contribution in [0.5, 0.6) is 0 Å². The van der Waals surface area contributed by atoms with E-state index in [9.17, 15) is 4.79 Å². The topological polar surface area (TPSA) is 63.1 Å². The fraction of sp³-hybridized carbons (Fsp3) is 0.562. The van der Waals surface area contributed by atoms with Crippen molar-refractivity contribution in [1.29, 1.82) is 0 Å². The zero-order chi connectivity index (χ0) is 16.4. The highest BCUT2D eigenvalue weighted by Gasteiger charge is 2.23. The summed E-state index contributed by atoms with van der Waals surface area (Å²) in [6.07, 6.45) is 2.11. The van der Waals surface area contributed by atoms with Gasteiger partial charge in [-0.3, -0.25) is 14.4 Å². The average Bonchev–Trinajstić information content (AvgIpc) is 3.06. The zero-order valence-electron chi connectivity index (χ0n) is 13.9. The number of hydrogen-bond acceptors (Lipinski definition) is 5. The molecule has 23 heavy (non-hydrogen) atoms. The maximum atomic E-state index is 12.3. The first-order valence-corrected chi connectivity index (χ1v) is 8.84. The SMILES string of the molecule is Cc1nc(CN2CCCC(NC(=O)c3cc(C)n(C)n3)C2)cs1. The van der Waals surface area contributed by atoms with E-state index in [2.05, 4.69) is 25.7 Å². The summed E-state index contributed by atoms with van der Waals surface area (Å²) in [6, 6.07) is 2.01. The molecule has 1 unspecified atom stereocenters. The maximum absolute atomic E-state index is 12.3. The molecule has 0 bridgehead atoms. The molecule has 6 nitrogen and oxygen atoms in total. The lowest BCUT2D eigenvalue weighted by Gasteiger charge is -2.32. The molecular weight excluding hydrogens is 310 g/mol. The Morgan fingerprint density at radius 3 is 2.96 bits per heavy atom. The molecule has 0 aliphatic carbocycles. The Labute approximate surface area is 140 Å². The van der Waals surface area contributed by atoms with E-state index in [-0.39, 0.29) is 11.9 Å². The lowest BCUT2D eigenvalue weighted by atomic mass is 10.1. The molecule has 0 spiro atoms. The predicted octanol–water partition coefficient (Wildman–Crippen LogP) is 1.89. The number of rotatable bonds is 4. The van der Waals surface area contributed by atoms with Gasteiger partial charge in [-0.05, 0) is 39.3 Å². The van der Waals surface area contributed by atoms with Crippen molar-refractivity contribution < 1.29 is 4.79 Å². The zero-order valence-corrected chi connectivity index (χ0v) is 14.7. The van der Waals surface area contributed by atoms with E-state index in [1.54, 1.807) is 16.0 Å². The van der Waals surface area contributed by atoms with Gasteiger partial charge in [0, 0.05) is 37.3 Å². The Kier molecular flexibility index (Phi) is 4.77. The quantitative estimate of drug-likeness (QED) is 0.928. The van der Waals surface area contributed by atoms with E-state index in [4.69, 9.17) is 0 Å². The summed E-state index contributed by atoms with van der Waals surface area (Å²) >= 11 is 1.69. The second kappa shape index (κ2) is 6.80. The number of amides is 1. The van der Waals surface area contributed by atoms with E-state index in [0.717, 1.165) is 48.9 Å². The van der Waals surface area contributed by atoms with Crippen molar-refractivity contribution in [3.8, 4) is 0 Å². The lowest BCUT2D eigenvalue weighted by molar-refractivity contribution is 0.0894. The molecule has 124 valence electrons. The van der Waals surface area contributed by atoms with Crippen LogP contribution in [0, 0.1) is 13.8 Å². The second-order valence-electron chi connectivity index (χ2n) is 6.20. The van der Waals surface area contributed by atoms with Crippen LogP contribution in [0.1, 0.15) is 39.7 Å². The van der Waals surface area contributed by atoms with Crippen molar-refractivity contribution >= 4 is 17.2 Å². The number of carbonyl (C=O) groups is 1. The number of piperidine rings is 1. The third-order valence-electron chi connectivity index (χ3n) is 4.24. The smallest absolute Gasteiger partial charge is 0.272 e. The molecule has 1 aliphatic heterocycles. The van der Waals surface area contributed by atoms with Gasteiger partial charge in [-0.1, -0.05) is 0 Å². The first-order valence-electron chi connectivity index (χ1n) is 7.96. The van der Waals surface area contributed by atoms with Gasteiger partial charge in [-0.25, -0.2) is 4.98 Å². The van der Waals surface area contributed by atoms with Gasteiger partial charge in [-0.2, -0.15) is 5.10 Å². The highest BCUT2D eigenvalue weighted by Crippen LogP contribution is 2.16.